The lowest BCUT2D eigenvalue weighted by Gasteiger charge is -2.13. The molecule has 5 nitrogen and oxygen atoms in total. The maximum atomic E-state index is 13.4. The number of nitrogens with two attached hydrogens (primary N) is 1. The fraction of sp³-hybridized carbons (Fsp3) is 0.292. The van der Waals surface area contributed by atoms with Crippen LogP contribution in [0.4, 0.5) is 4.39 Å². The molecule has 0 aliphatic heterocycles. The first-order valence-corrected chi connectivity index (χ1v) is 9.89. The molecule has 0 fully saturated rings. The Morgan fingerprint density at radius 1 is 1.07 bits per heavy atom. The molecular formula is C24H27FN2O3. The Labute approximate surface area is 176 Å². The molecule has 0 aliphatic carbocycles. The Hall–Kier alpha value is -3.28. The fourth-order valence-electron chi connectivity index (χ4n) is 3.97. The van der Waals surface area contributed by atoms with Crippen molar-refractivity contribution in [2.45, 2.75) is 33.2 Å². The third kappa shape index (κ3) is 4.03. The minimum Gasteiger partial charge on any atom is -0.493 e. The average molecular weight is 410 g/mol. The van der Waals surface area contributed by atoms with Crippen LogP contribution in [0, 0.1) is 12.7 Å². The lowest BCUT2D eigenvalue weighted by molar-refractivity contribution is 0.1000. The van der Waals surface area contributed by atoms with Crippen molar-refractivity contribution in [1.82, 2.24) is 4.57 Å². The van der Waals surface area contributed by atoms with E-state index in [1.807, 2.05) is 32.0 Å². The van der Waals surface area contributed by atoms with Gasteiger partial charge >= 0.3 is 0 Å². The Kier molecular flexibility index (Phi) is 6.45. The molecule has 0 spiro atoms. The number of amides is 1. The molecule has 30 heavy (non-hydrogen) atoms. The number of hydrogen-bond donors (Lipinski definition) is 1. The standard InChI is InChI=1S/C24H27FN2O3/c1-5-19-23(17-7-9-18(25)10-8-17)22(24(26)28)15(2)27(19)13-12-16-6-11-20(29-3)21(14-16)30-4/h6-11,14H,5,12-13H2,1-4H3,(H2,26,28). The third-order valence-corrected chi connectivity index (χ3v) is 5.42. The van der Waals surface area contributed by atoms with E-state index in [0.717, 1.165) is 34.5 Å². The van der Waals surface area contributed by atoms with Crippen molar-refractivity contribution < 1.29 is 18.7 Å². The Balaban J connectivity index is 2.02. The van der Waals surface area contributed by atoms with Gasteiger partial charge < -0.3 is 19.8 Å². The van der Waals surface area contributed by atoms with E-state index in [4.69, 9.17) is 15.2 Å². The van der Waals surface area contributed by atoms with Crippen molar-refractivity contribution in [3.8, 4) is 22.6 Å². The van der Waals surface area contributed by atoms with Crippen LogP contribution < -0.4 is 15.2 Å². The smallest absolute Gasteiger partial charge is 0.251 e. The molecule has 0 unspecified atom stereocenters. The predicted molar refractivity (Wildman–Crippen MR) is 116 cm³/mol. The van der Waals surface area contributed by atoms with Crippen LogP contribution in [-0.4, -0.2) is 24.7 Å². The Morgan fingerprint density at radius 3 is 2.30 bits per heavy atom. The average Bonchev–Trinajstić information content (AvgIpc) is 3.04. The summed E-state index contributed by atoms with van der Waals surface area (Å²) in [4.78, 5) is 12.3. The Morgan fingerprint density at radius 2 is 1.73 bits per heavy atom. The first-order valence-electron chi connectivity index (χ1n) is 9.89. The summed E-state index contributed by atoms with van der Waals surface area (Å²) in [5.74, 6) is 0.565. The molecule has 2 aromatic carbocycles. The summed E-state index contributed by atoms with van der Waals surface area (Å²) in [5.41, 5.74) is 10.7. The van der Waals surface area contributed by atoms with Gasteiger partial charge in [-0.3, -0.25) is 4.79 Å². The second-order valence-corrected chi connectivity index (χ2v) is 7.10. The van der Waals surface area contributed by atoms with Crippen LogP contribution in [0.5, 0.6) is 11.5 Å². The molecule has 3 aromatic rings. The number of primary amides is 1. The van der Waals surface area contributed by atoms with Crippen molar-refractivity contribution in [3.63, 3.8) is 0 Å². The highest BCUT2D eigenvalue weighted by Gasteiger charge is 2.24. The molecule has 0 saturated heterocycles. The van der Waals surface area contributed by atoms with Crippen LogP contribution in [0.3, 0.4) is 0 Å². The summed E-state index contributed by atoms with van der Waals surface area (Å²) in [7, 11) is 3.22. The number of carbonyl (C=O) groups is 1. The molecule has 2 N–H and O–H groups in total. The van der Waals surface area contributed by atoms with Gasteiger partial charge in [0.1, 0.15) is 5.82 Å². The van der Waals surface area contributed by atoms with E-state index in [0.29, 0.717) is 30.0 Å². The lowest BCUT2D eigenvalue weighted by atomic mass is 9.99. The van der Waals surface area contributed by atoms with Gasteiger partial charge in [-0.25, -0.2) is 4.39 Å². The van der Waals surface area contributed by atoms with Crippen LogP contribution in [0.25, 0.3) is 11.1 Å². The maximum Gasteiger partial charge on any atom is 0.251 e. The quantitative estimate of drug-likeness (QED) is 0.594. The highest BCUT2D eigenvalue weighted by atomic mass is 19.1. The monoisotopic (exact) mass is 410 g/mol. The van der Waals surface area contributed by atoms with Gasteiger partial charge in [0, 0.05) is 23.5 Å². The first-order chi connectivity index (χ1) is 14.4. The molecule has 0 atom stereocenters. The minimum absolute atomic E-state index is 0.318. The SMILES string of the molecule is CCc1c(-c2ccc(F)cc2)c(C(N)=O)c(C)n1CCc1ccc(OC)c(OC)c1. The van der Waals surface area contributed by atoms with Crippen molar-refractivity contribution in [2.75, 3.05) is 14.2 Å². The largest absolute Gasteiger partial charge is 0.493 e. The zero-order chi connectivity index (χ0) is 21.8. The van der Waals surface area contributed by atoms with E-state index in [2.05, 4.69) is 4.57 Å². The number of rotatable bonds is 8. The lowest BCUT2D eigenvalue weighted by Crippen LogP contribution is -2.14. The number of aryl methyl sites for hydroxylation is 1. The maximum absolute atomic E-state index is 13.4. The number of benzene rings is 2. The number of halogens is 1. The van der Waals surface area contributed by atoms with Gasteiger partial charge in [-0.2, -0.15) is 0 Å². The normalized spacial score (nSPS) is 10.8. The van der Waals surface area contributed by atoms with E-state index in [9.17, 15) is 9.18 Å². The summed E-state index contributed by atoms with van der Waals surface area (Å²) in [6.07, 6.45) is 1.46. The molecule has 0 saturated carbocycles. The predicted octanol–water partition coefficient (Wildman–Crippen LogP) is 4.52. The second-order valence-electron chi connectivity index (χ2n) is 7.10. The van der Waals surface area contributed by atoms with Crippen molar-refractivity contribution in [1.29, 1.82) is 0 Å². The summed E-state index contributed by atoms with van der Waals surface area (Å²) in [6, 6.07) is 12.0. The van der Waals surface area contributed by atoms with Crippen LogP contribution in [0.2, 0.25) is 0 Å². The highest BCUT2D eigenvalue weighted by molar-refractivity contribution is 6.02. The molecule has 3 rings (SSSR count). The van der Waals surface area contributed by atoms with Crippen LogP contribution in [0.1, 0.15) is 34.2 Å². The van der Waals surface area contributed by atoms with Gasteiger partial charge in [0.2, 0.25) is 0 Å². The molecule has 0 bridgehead atoms. The molecule has 1 heterocycles. The number of hydrogen-bond acceptors (Lipinski definition) is 3. The molecule has 1 aromatic heterocycles. The van der Waals surface area contributed by atoms with E-state index < -0.39 is 5.91 Å². The van der Waals surface area contributed by atoms with Crippen molar-refractivity contribution in [2.24, 2.45) is 5.73 Å². The Bertz CT molecular complexity index is 1060. The number of methoxy groups -OCH3 is 2. The van der Waals surface area contributed by atoms with E-state index in [-0.39, 0.29) is 5.82 Å². The number of ether oxygens (including phenoxy) is 2. The zero-order valence-corrected chi connectivity index (χ0v) is 17.8. The molecule has 0 radical (unpaired) electrons. The number of nitrogens with zero attached hydrogens (tertiary/aromatic N) is 1. The third-order valence-electron chi connectivity index (χ3n) is 5.42. The van der Waals surface area contributed by atoms with Gasteiger partial charge in [-0.15, -0.1) is 0 Å². The van der Waals surface area contributed by atoms with Gasteiger partial charge in [0.15, 0.2) is 11.5 Å². The highest BCUT2D eigenvalue weighted by Crippen LogP contribution is 2.34. The summed E-state index contributed by atoms with van der Waals surface area (Å²) >= 11 is 0. The number of carbonyl (C=O) groups excluding carboxylic acids is 1. The molecular weight excluding hydrogens is 383 g/mol. The fourth-order valence-corrected chi connectivity index (χ4v) is 3.97. The molecule has 0 aliphatic rings. The van der Waals surface area contributed by atoms with E-state index >= 15 is 0 Å². The van der Waals surface area contributed by atoms with E-state index in [1.54, 1.807) is 26.4 Å². The van der Waals surface area contributed by atoms with Gasteiger partial charge in [0.25, 0.3) is 5.91 Å². The summed E-state index contributed by atoms with van der Waals surface area (Å²) in [5, 5.41) is 0. The second kappa shape index (κ2) is 9.03. The minimum atomic E-state index is -0.480. The zero-order valence-electron chi connectivity index (χ0n) is 17.8. The molecule has 6 heteroatoms. The summed E-state index contributed by atoms with van der Waals surface area (Å²) in [6.45, 7) is 4.62. The van der Waals surface area contributed by atoms with Crippen LogP contribution >= 0.6 is 0 Å². The first kappa shape index (κ1) is 21.4. The van der Waals surface area contributed by atoms with Gasteiger partial charge in [-0.1, -0.05) is 25.1 Å². The topological polar surface area (TPSA) is 66.5 Å². The summed E-state index contributed by atoms with van der Waals surface area (Å²) < 4.78 is 26.3. The van der Waals surface area contributed by atoms with E-state index in [1.165, 1.54) is 12.1 Å². The van der Waals surface area contributed by atoms with Crippen LogP contribution in [0.15, 0.2) is 42.5 Å². The molecule has 158 valence electrons. The van der Waals surface area contributed by atoms with Crippen molar-refractivity contribution >= 4 is 5.91 Å². The van der Waals surface area contributed by atoms with Gasteiger partial charge in [0.05, 0.1) is 19.8 Å². The number of aromatic nitrogens is 1. The van der Waals surface area contributed by atoms with Crippen LogP contribution in [-0.2, 0) is 19.4 Å². The van der Waals surface area contributed by atoms with Gasteiger partial charge in [-0.05, 0) is 55.2 Å². The van der Waals surface area contributed by atoms with Crippen molar-refractivity contribution in [3.05, 3.63) is 70.8 Å². The molecule has 1 amide bonds.